The van der Waals surface area contributed by atoms with Crippen molar-refractivity contribution in [3.05, 3.63) is 29.6 Å². The zero-order valence-electron chi connectivity index (χ0n) is 16.4. The van der Waals surface area contributed by atoms with Gasteiger partial charge in [-0.25, -0.2) is 17.6 Å². The summed E-state index contributed by atoms with van der Waals surface area (Å²) in [5.41, 5.74) is 6.06. The van der Waals surface area contributed by atoms with Crippen molar-refractivity contribution in [2.45, 2.75) is 37.4 Å². The van der Waals surface area contributed by atoms with Crippen LogP contribution in [0, 0.1) is 5.82 Å². The summed E-state index contributed by atoms with van der Waals surface area (Å²) in [4.78, 5) is 25.2. The van der Waals surface area contributed by atoms with E-state index in [1.165, 1.54) is 11.0 Å². The fraction of sp³-hybridized carbons (Fsp3) is 0.579. The number of halogens is 1. The molecule has 1 unspecified atom stereocenters. The van der Waals surface area contributed by atoms with Crippen LogP contribution in [0.15, 0.2) is 18.2 Å². The third kappa shape index (κ3) is 5.27. The molecule has 4 N–H and O–H groups in total. The van der Waals surface area contributed by atoms with E-state index in [4.69, 9.17) is 10.5 Å². The molecule has 2 heterocycles. The predicted molar refractivity (Wildman–Crippen MR) is 107 cm³/mol. The van der Waals surface area contributed by atoms with E-state index in [9.17, 15) is 27.5 Å². The van der Waals surface area contributed by atoms with Crippen LogP contribution < -0.4 is 16.0 Å². The Kier molecular flexibility index (Phi) is 6.94. The number of amides is 2. The van der Waals surface area contributed by atoms with Crippen LogP contribution >= 0.6 is 0 Å². The fourth-order valence-corrected chi connectivity index (χ4v) is 5.17. The monoisotopic (exact) mass is 443 g/mol. The van der Waals surface area contributed by atoms with Gasteiger partial charge in [-0.05, 0) is 49.4 Å². The molecule has 0 aromatic heterocycles. The number of aliphatic hydroxyl groups excluding tert-OH is 1. The Morgan fingerprint density at radius 3 is 2.70 bits per heavy atom. The maximum Gasteiger partial charge on any atom is 0.414 e. The topological polar surface area (TPSA) is 139 Å². The molecule has 1 aromatic rings. The smallest absolute Gasteiger partial charge is 0.414 e. The molecule has 0 aliphatic carbocycles. The number of benzene rings is 1. The maximum atomic E-state index is 14.7. The molecule has 11 heteroatoms. The van der Waals surface area contributed by atoms with Crippen LogP contribution in [0.4, 0.5) is 14.9 Å². The molecule has 30 heavy (non-hydrogen) atoms. The Morgan fingerprint density at radius 1 is 1.37 bits per heavy atom. The molecule has 2 amide bonds. The Labute approximate surface area is 174 Å². The van der Waals surface area contributed by atoms with Crippen LogP contribution in [0.5, 0.6) is 0 Å². The number of anilines is 1. The van der Waals surface area contributed by atoms with Gasteiger partial charge in [0.05, 0.1) is 30.3 Å². The van der Waals surface area contributed by atoms with E-state index in [0.29, 0.717) is 24.1 Å². The average molecular weight is 443 g/mol. The average Bonchev–Trinajstić information content (AvgIpc) is 3.07. The van der Waals surface area contributed by atoms with Crippen molar-refractivity contribution in [1.29, 1.82) is 0 Å². The number of nitrogens with two attached hydrogens (primary N) is 1. The first-order valence-corrected chi connectivity index (χ1v) is 11.7. The van der Waals surface area contributed by atoms with Crippen molar-refractivity contribution in [3.63, 3.8) is 0 Å². The van der Waals surface area contributed by atoms with Crippen molar-refractivity contribution in [2.75, 3.05) is 36.0 Å². The van der Waals surface area contributed by atoms with E-state index in [2.05, 4.69) is 5.32 Å². The predicted octanol–water partition coefficient (Wildman–Crippen LogP) is 0.269. The first-order valence-electron chi connectivity index (χ1n) is 9.84. The van der Waals surface area contributed by atoms with Gasteiger partial charge in [-0.3, -0.25) is 9.69 Å². The lowest BCUT2D eigenvalue weighted by molar-refractivity contribution is -0.129. The zero-order chi connectivity index (χ0) is 21.9. The van der Waals surface area contributed by atoms with Gasteiger partial charge in [-0.15, -0.1) is 0 Å². The van der Waals surface area contributed by atoms with Crippen LogP contribution in [0.2, 0.25) is 0 Å². The maximum absolute atomic E-state index is 14.7. The first kappa shape index (κ1) is 22.4. The van der Waals surface area contributed by atoms with Gasteiger partial charge in [-0.2, -0.15) is 0 Å². The van der Waals surface area contributed by atoms with Gasteiger partial charge in [0.1, 0.15) is 27.9 Å². The molecule has 2 fully saturated rings. The number of carbonyl (C=O) groups excluding carboxylic acids is 2. The molecular formula is C19H26FN3O6S. The molecular weight excluding hydrogens is 417 g/mol. The van der Waals surface area contributed by atoms with E-state index in [-0.39, 0.29) is 43.5 Å². The Balaban J connectivity index is 1.60. The summed E-state index contributed by atoms with van der Waals surface area (Å²) in [6.45, 7) is 0.297. The number of nitrogens with zero attached hydrogens (tertiary/aromatic N) is 1. The van der Waals surface area contributed by atoms with Gasteiger partial charge in [-0.1, -0.05) is 6.07 Å². The number of hydrogen-bond donors (Lipinski definition) is 3. The minimum Gasteiger partial charge on any atom is -0.442 e. The summed E-state index contributed by atoms with van der Waals surface area (Å²) in [5, 5.41) is 12.1. The first-order chi connectivity index (χ1) is 14.2. The van der Waals surface area contributed by atoms with E-state index >= 15 is 0 Å². The highest BCUT2D eigenvalue weighted by Crippen LogP contribution is 2.33. The van der Waals surface area contributed by atoms with Gasteiger partial charge in [0, 0.05) is 0 Å². The summed E-state index contributed by atoms with van der Waals surface area (Å²) >= 11 is 0. The quantitative estimate of drug-likeness (QED) is 0.550. The SMILES string of the molecule is NCCC(O)C(=O)NC[C@H]1CN(c2ccc(C3CCS(=O)(=O)CC3)c(F)c2)C(=O)O1. The van der Waals surface area contributed by atoms with Gasteiger partial charge in [0.25, 0.3) is 0 Å². The highest BCUT2D eigenvalue weighted by Gasteiger charge is 2.34. The van der Waals surface area contributed by atoms with Gasteiger partial charge in [0.15, 0.2) is 0 Å². The highest BCUT2D eigenvalue weighted by molar-refractivity contribution is 7.91. The van der Waals surface area contributed by atoms with E-state index in [1.807, 2.05) is 0 Å². The van der Waals surface area contributed by atoms with E-state index in [0.717, 1.165) is 0 Å². The normalized spacial score (nSPS) is 22.6. The summed E-state index contributed by atoms with van der Waals surface area (Å²) in [6, 6.07) is 4.43. The van der Waals surface area contributed by atoms with Crippen LogP contribution in [-0.2, 0) is 19.4 Å². The third-order valence-electron chi connectivity index (χ3n) is 5.41. The van der Waals surface area contributed by atoms with Crippen LogP contribution in [0.25, 0.3) is 0 Å². The van der Waals surface area contributed by atoms with Gasteiger partial charge in [0.2, 0.25) is 5.91 Å². The number of aliphatic hydroxyl groups is 1. The summed E-state index contributed by atoms with van der Waals surface area (Å²) in [6.07, 6.45) is -1.64. The lowest BCUT2D eigenvalue weighted by Crippen LogP contribution is -2.40. The molecule has 166 valence electrons. The Morgan fingerprint density at radius 2 is 2.07 bits per heavy atom. The number of ether oxygens (including phenoxy) is 1. The molecule has 1 aromatic carbocycles. The van der Waals surface area contributed by atoms with Gasteiger partial charge >= 0.3 is 6.09 Å². The standard InChI is InChI=1S/C19H26FN3O6S/c20-16-9-13(1-2-15(16)12-4-7-30(27,28)8-5-12)23-11-14(29-19(23)26)10-22-18(25)17(24)3-6-21/h1-2,9,12,14,17,24H,3-8,10-11,21H2,(H,22,25)/t14-,17?/m0/s1. The minimum absolute atomic E-state index is 0.0137. The fourth-order valence-electron chi connectivity index (χ4n) is 3.68. The molecule has 3 rings (SSSR count). The number of nitrogens with one attached hydrogen (secondary N) is 1. The zero-order valence-corrected chi connectivity index (χ0v) is 17.2. The summed E-state index contributed by atoms with van der Waals surface area (Å²) in [7, 11) is -3.04. The van der Waals surface area contributed by atoms with E-state index < -0.39 is 39.9 Å². The third-order valence-corrected chi connectivity index (χ3v) is 7.13. The van der Waals surface area contributed by atoms with Crippen LogP contribution in [-0.4, -0.2) is 68.9 Å². The number of sulfone groups is 1. The number of rotatable bonds is 7. The molecule has 2 atom stereocenters. The van der Waals surface area contributed by atoms with Crippen molar-refractivity contribution < 1.29 is 32.2 Å². The largest absolute Gasteiger partial charge is 0.442 e. The second-order valence-corrected chi connectivity index (χ2v) is 9.89. The molecule has 2 saturated heterocycles. The molecule has 2 aliphatic heterocycles. The lowest BCUT2D eigenvalue weighted by atomic mass is 9.93. The van der Waals surface area contributed by atoms with Crippen LogP contribution in [0.3, 0.4) is 0 Å². The summed E-state index contributed by atoms with van der Waals surface area (Å²) in [5.74, 6) is -1.17. The Hall–Kier alpha value is -2.24. The number of cyclic esters (lactones) is 1. The lowest BCUT2D eigenvalue weighted by Gasteiger charge is -2.23. The molecule has 0 radical (unpaired) electrons. The van der Waals surface area contributed by atoms with Crippen LogP contribution in [0.1, 0.15) is 30.7 Å². The molecule has 0 bridgehead atoms. The highest BCUT2D eigenvalue weighted by atomic mass is 32.2. The number of carbonyl (C=O) groups is 2. The van der Waals surface area contributed by atoms with Crippen molar-refractivity contribution in [3.8, 4) is 0 Å². The van der Waals surface area contributed by atoms with Crippen molar-refractivity contribution in [2.24, 2.45) is 5.73 Å². The molecule has 9 nitrogen and oxygen atoms in total. The van der Waals surface area contributed by atoms with E-state index in [1.54, 1.807) is 12.1 Å². The molecule has 0 saturated carbocycles. The molecule has 0 spiro atoms. The van der Waals surface area contributed by atoms with Crippen molar-refractivity contribution in [1.82, 2.24) is 5.32 Å². The second-order valence-electron chi connectivity index (χ2n) is 7.59. The van der Waals surface area contributed by atoms with Gasteiger partial charge < -0.3 is 20.9 Å². The number of hydrogen-bond acceptors (Lipinski definition) is 7. The Bertz CT molecular complexity index is 896. The summed E-state index contributed by atoms with van der Waals surface area (Å²) < 4.78 is 43.1. The molecule has 2 aliphatic rings. The minimum atomic E-state index is -3.04. The van der Waals surface area contributed by atoms with Crippen molar-refractivity contribution >= 4 is 27.5 Å². The second kappa shape index (κ2) is 9.27.